The zero-order valence-electron chi connectivity index (χ0n) is 8.41. The predicted molar refractivity (Wildman–Crippen MR) is 53.0 cm³/mol. The molecule has 0 saturated carbocycles. The van der Waals surface area contributed by atoms with Crippen LogP contribution in [0.2, 0.25) is 0 Å². The van der Waals surface area contributed by atoms with E-state index >= 15 is 0 Å². The smallest absolute Gasteiger partial charge is 0.219 e. The lowest BCUT2D eigenvalue weighted by molar-refractivity contribution is -0.118. The summed E-state index contributed by atoms with van der Waals surface area (Å²) in [6, 6.07) is 1.76. The van der Waals surface area contributed by atoms with Gasteiger partial charge in [-0.25, -0.2) is 0 Å². The number of hydrogen-bond acceptors (Lipinski definition) is 2. The molecule has 1 amide bonds. The van der Waals surface area contributed by atoms with E-state index in [1.54, 1.807) is 12.3 Å². The van der Waals surface area contributed by atoms with Gasteiger partial charge in [-0.05, 0) is 19.9 Å². The van der Waals surface area contributed by atoms with Crippen LogP contribution in [0.5, 0.6) is 0 Å². The average Bonchev–Trinajstić information content (AvgIpc) is 2.43. The molecule has 1 rings (SSSR count). The van der Waals surface area contributed by atoms with Crippen molar-refractivity contribution in [3.8, 4) is 0 Å². The fourth-order valence-corrected chi connectivity index (χ4v) is 1.40. The fourth-order valence-electron chi connectivity index (χ4n) is 1.40. The van der Waals surface area contributed by atoms with Gasteiger partial charge in [0.1, 0.15) is 0 Å². The maximum Gasteiger partial charge on any atom is 0.219 e. The molecule has 1 heterocycles. The zero-order valence-corrected chi connectivity index (χ0v) is 8.41. The van der Waals surface area contributed by atoms with Crippen LogP contribution in [0.1, 0.15) is 29.4 Å². The molecule has 0 aliphatic carbocycles. The summed E-state index contributed by atoms with van der Waals surface area (Å²) in [6.45, 7) is 3.92. The largest absolute Gasteiger partial charge is 0.370 e. The Labute approximate surface area is 82.7 Å². The van der Waals surface area contributed by atoms with Crippen LogP contribution in [0, 0.1) is 6.92 Å². The molecule has 0 saturated heterocycles. The molecule has 0 spiro atoms. The predicted octanol–water partition coefficient (Wildman–Crippen LogP) is 0.875. The van der Waals surface area contributed by atoms with Crippen molar-refractivity contribution in [2.45, 2.75) is 26.8 Å². The van der Waals surface area contributed by atoms with Gasteiger partial charge in [-0.1, -0.05) is 0 Å². The van der Waals surface area contributed by atoms with Gasteiger partial charge in [-0.3, -0.25) is 9.59 Å². The highest BCUT2D eigenvalue weighted by Gasteiger charge is 2.08. The molecule has 0 atom stereocenters. The van der Waals surface area contributed by atoms with E-state index in [1.807, 2.05) is 11.5 Å². The molecule has 4 heteroatoms. The second-order valence-corrected chi connectivity index (χ2v) is 3.28. The number of aryl methyl sites for hydroxylation is 1. The molecule has 0 aromatic carbocycles. The average molecular weight is 194 g/mol. The lowest BCUT2D eigenvalue weighted by atomic mass is 10.2. The number of carbonyl (C=O) groups excluding carboxylic acids is 2. The van der Waals surface area contributed by atoms with Gasteiger partial charge >= 0.3 is 0 Å². The minimum atomic E-state index is -0.331. The van der Waals surface area contributed by atoms with Gasteiger partial charge in [0.2, 0.25) is 5.91 Å². The number of aromatic nitrogens is 1. The summed E-state index contributed by atoms with van der Waals surface area (Å²) in [7, 11) is 0. The number of rotatable bonds is 4. The summed E-state index contributed by atoms with van der Waals surface area (Å²) < 4.78 is 1.86. The molecule has 0 unspecified atom stereocenters. The molecule has 0 radical (unpaired) electrons. The second kappa shape index (κ2) is 4.09. The van der Waals surface area contributed by atoms with Crippen molar-refractivity contribution in [2.75, 3.05) is 0 Å². The minimum absolute atomic E-state index is 0.0420. The molecule has 0 aliphatic rings. The highest BCUT2D eigenvalue weighted by molar-refractivity contribution is 5.95. The number of Topliss-reactive ketones (excluding diaryl/α,β-unsaturated/α-hetero) is 1. The van der Waals surface area contributed by atoms with E-state index in [0.29, 0.717) is 18.5 Å². The second-order valence-electron chi connectivity index (χ2n) is 3.28. The molecule has 1 aromatic rings. The fraction of sp³-hybridized carbons (Fsp3) is 0.400. The van der Waals surface area contributed by atoms with E-state index < -0.39 is 0 Å². The lowest BCUT2D eigenvalue weighted by Gasteiger charge is -2.04. The highest BCUT2D eigenvalue weighted by atomic mass is 16.1. The van der Waals surface area contributed by atoms with Crippen molar-refractivity contribution in [1.82, 2.24) is 4.57 Å². The Morgan fingerprint density at radius 3 is 2.57 bits per heavy atom. The third-order valence-corrected chi connectivity index (χ3v) is 2.22. The SMILES string of the molecule is CC(=O)c1ccn(CCC(N)=O)c1C. The minimum Gasteiger partial charge on any atom is -0.370 e. The third kappa shape index (κ3) is 2.22. The van der Waals surface area contributed by atoms with Crippen LogP contribution < -0.4 is 5.73 Å². The van der Waals surface area contributed by atoms with Crippen LogP contribution in [0.25, 0.3) is 0 Å². The van der Waals surface area contributed by atoms with Crippen molar-refractivity contribution < 1.29 is 9.59 Å². The molecule has 1 aromatic heterocycles. The first-order valence-electron chi connectivity index (χ1n) is 4.47. The molecular formula is C10H14N2O2. The van der Waals surface area contributed by atoms with E-state index in [2.05, 4.69) is 0 Å². The van der Waals surface area contributed by atoms with E-state index in [9.17, 15) is 9.59 Å². The van der Waals surface area contributed by atoms with Crippen molar-refractivity contribution in [3.05, 3.63) is 23.5 Å². The van der Waals surface area contributed by atoms with E-state index in [-0.39, 0.29) is 11.7 Å². The molecular weight excluding hydrogens is 180 g/mol. The lowest BCUT2D eigenvalue weighted by Crippen LogP contribution is -2.14. The number of nitrogens with zero attached hydrogens (tertiary/aromatic N) is 1. The molecule has 14 heavy (non-hydrogen) atoms. The van der Waals surface area contributed by atoms with Crippen molar-refractivity contribution in [1.29, 1.82) is 0 Å². The van der Waals surface area contributed by atoms with Gasteiger partial charge < -0.3 is 10.3 Å². The molecule has 0 fully saturated rings. The van der Waals surface area contributed by atoms with Gasteiger partial charge in [0.25, 0.3) is 0 Å². The molecule has 0 bridgehead atoms. The quantitative estimate of drug-likeness (QED) is 0.723. The van der Waals surface area contributed by atoms with Crippen LogP contribution in [0.3, 0.4) is 0 Å². The normalized spacial score (nSPS) is 10.1. The Morgan fingerprint density at radius 1 is 1.50 bits per heavy atom. The summed E-state index contributed by atoms with van der Waals surface area (Å²) >= 11 is 0. The van der Waals surface area contributed by atoms with Gasteiger partial charge in [-0.15, -0.1) is 0 Å². The summed E-state index contributed by atoms with van der Waals surface area (Å²) in [5, 5.41) is 0. The van der Waals surface area contributed by atoms with Crippen LogP contribution in [0.15, 0.2) is 12.3 Å². The number of amides is 1. The molecule has 76 valence electrons. The van der Waals surface area contributed by atoms with Crippen LogP contribution >= 0.6 is 0 Å². The van der Waals surface area contributed by atoms with Crippen LogP contribution in [-0.4, -0.2) is 16.3 Å². The zero-order chi connectivity index (χ0) is 10.7. The van der Waals surface area contributed by atoms with Gasteiger partial charge in [0, 0.05) is 30.4 Å². The first-order valence-corrected chi connectivity index (χ1v) is 4.47. The maximum absolute atomic E-state index is 11.1. The van der Waals surface area contributed by atoms with Crippen LogP contribution in [-0.2, 0) is 11.3 Å². The topological polar surface area (TPSA) is 65.1 Å². The first kappa shape index (κ1) is 10.5. The number of ketones is 1. The van der Waals surface area contributed by atoms with Crippen LogP contribution in [0.4, 0.5) is 0 Å². The number of hydrogen-bond donors (Lipinski definition) is 1. The summed E-state index contributed by atoms with van der Waals surface area (Å²) in [4.78, 5) is 21.7. The van der Waals surface area contributed by atoms with Gasteiger partial charge in [0.05, 0.1) is 0 Å². The van der Waals surface area contributed by atoms with Crippen molar-refractivity contribution in [3.63, 3.8) is 0 Å². The Hall–Kier alpha value is -1.58. The molecule has 2 N–H and O–H groups in total. The Balaban J connectivity index is 2.79. The standard InChI is InChI=1S/C10H14N2O2/c1-7-9(8(2)13)3-5-12(7)6-4-10(11)14/h3,5H,4,6H2,1-2H3,(H2,11,14). The number of nitrogens with two attached hydrogens (primary N) is 1. The third-order valence-electron chi connectivity index (χ3n) is 2.22. The Morgan fingerprint density at radius 2 is 2.14 bits per heavy atom. The van der Waals surface area contributed by atoms with E-state index in [1.165, 1.54) is 6.92 Å². The Bertz CT molecular complexity index is 366. The summed E-state index contributed by atoms with van der Waals surface area (Å²) in [6.07, 6.45) is 2.10. The molecule has 4 nitrogen and oxygen atoms in total. The van der Waals surface area contributed by atoms with Gasteiger partial charge in [-0.2, -0.15) is 0 Å². The highest BCUT2D eigenvalue weighted by Crippen LogP contribution is 2.10. The van der Waals surface area contributed by atoms with Crippen molar-refractivity contribution >= 4 is 11.7 Å². The summed E-state index contributed by atoms with van der Waals surface area (Å²) in [5.41, 5.74) is 6.63. The Kier molecular flexibility index (Phi) is 3.06. The van der Waals surface area contributed by atoms with E-state index in [4.69, 9.17) is 5.73 Å². The summed E-state index contributed by atoms with van der Waals surface area (Å²) in [5.74, 6) is -0.289. The van der Waals surface area contributed by atoms with Crippen molar-refractivity contribution in [2.24, 2.45) is 5.73 Å². The number of primary amides is 1. The maximum atomic E-state index is 11.1. The van der Waals surface area contributed by atoms with E-state index in [0.717, 1.165) is 5.69 Å². The number of carbonyl (C=O) groups is 2. The van der Waals surface area contributed by atoms with Gasteiger partial charge in [0.15, 0.2) is 5.78 Å². The monoisotopic (exact) mass is 194 g/mol. The first-order chi connectivity index (χ1) is 6.52. The molecule has 0 aliphatic heterocycles.